The number of nitrogens with one attached hydrogen (secondary N) is 1. The number of piperazine rings is 1. The summed E-state index contributed by atoms with van der Waals surface area (Å²) in [5, 5.41) is 14.3. The minimum Gasteiger partial charge on any atom is -0.506 e. The maximum Gasteiger partial charge on any atom is 0.136 e. The predicted octanol–water partition coefficient (Wildman–Crippen LogP) is 4.56. The normalized spacial score (nSPS) is 16.3. The fraction of sp³-hybridized carbons (Fsp3) is 0.467. The van der Waals surface area contributed by atoms with Gasteiger partial charge in [0.05, 0.1) is 9.50 Å². The van der Waals surface area contributed by atoms with Gasteiger partial charge in [-0.05, 0) is 35.3 Å². The molecule has 1 aromatic rings. The lowest BCUT2D eigenvalue weighted by Crippen LogP contribution is -2.45. The molecule has 7 heteroatoms. The molecule has 1 heterocycles. The first kappa shape index (κ1) is 22.0. The smallest absolute Gasteiger partial charge is 0.136 e. The van der Waals surface area contributed by atoms with E-state index in [2.05, 4.69) is 32.7 Å². The summed E-state index contributed by atoms with van der Waals surface area (Å²) in [7, 11) is 0. The first-order valence-electron chi connectivity index (χ1n) is 6.76. The van der Waals surface area contributed by atoms with Crippen LogP contribution >= 0.6 is 52.3 Å². The highest BCUT2D eigenvalue weighted by molar-refractivity contribution is 9.10. The maximum atomic E-state index is 10.4. The number of aromatic hydroxyl groups is 1. The van der Waals surface area contributed by atoms with E-state index >= 15 is 0 Å². The van der Waals surface area contributed by atoms with Crippen LogP contribution in [-0.2, 0) is 0 Å². The van der Waals surface area contributed by atoms with Gasteiger partial charge in [0.15, 0.2) is 0 Å². The van der Waals surface area contributed by atoms with Crippen molar-refractivity contribution in [2.24, 2.45) is 0 Å². The van der Waals surface area contributed by atoms with Gasteiger partial charge in [-0.25, -0.2) is 0 Å². The minimum atomic E-state index is 0. The lowest BCUT2D eigenvalue weighted by atomic mass is 9.97. The molecule has 1 fully saturated rings. The molecule has 0 unspecified atom stereocenters. The molecule has 1 aromatic carbocycles. The lowest BCUT2D eigenvalue weighted by Gasteiger charge is -2.36. The summed E-state index contributed by atoms with van der Waals surface area (Å²) in [6.45, 7) is 9.94. The zero-order valence-electron chi connectivity index (χ0n) is 12.4. The molecular weight excluding hydrogens is 410 g/mol. The quantitative estimate of drug-likeness (QED) is 0.685. The number of phenolic OH excluding ortho intramolecular Hbond substituents is 1. The molecule has 1 aliphatic rings. The molecule has 3 nitrogen and oxygen atoms in total. The van der Waals surface area contributed by atoms with Crippen molar-refractivity contribution in [3.63, 3.8) is 0 Å². The topological polar surface area (TPSA) is 35.5 Å². The number of benzene rings is 1. The molecule has 1 saturated heterocycles. The summed E-state index contributed by atoms with van der Waals surface area (Å²) in [5.41, 5.74) is 2.02. The molecule has 0 aliphatic carbocycles. The zero-order valence-corrected chi connectivity index (χ0v) is 16.4. The van der Waals surface area contributed by atoms with Gasteiger partial charge in [0.2, 0.25) is 0 Å². The van der Waals surface area contributed by atoms with Gasteiger partial charge in [-0.15, -0.1) is 31.4 Å². The molecular formula is C15H22BrCl3N2O. The molecule has 0 bridgehead atoms. The van der Waals surface area contributed by atoms with Crippen LogP contribution in [0.2, 0.25) is 5.02 Å². The number of phenols is 1. The van der Waals surface area contributed by atoms with Crippen molar-refractivity contribution in [2.45, 2.75) is 19.4 Å². The third-order valence-electron chi connectivity index (χ3n) is 3.59. The SMILES string of the molecule is C=C(C)C[C@@H](c1ccc(Cl)c(Br)c1O)N1CCNCC1.Cl.Cl. The van der Waals surface area contributed by atoms with Crippen LogP contribution in [0.5, 0.6) is 5.75 Å². The van der Waals surface area contributed by atoms with E-state index in [-0.39, 0.29) is 36.6 Å². The number of hydrogen-bond acceptors (Lipinski definition) is 3. The second-order valence-electron chi connectivity index (χ2n) is 5.26. The number of hydrogen-bond donors (Lipinski definition) is 2. The second-order valence-corrected chi connectivity index (χ2v) is 6.46. The summed E-state index contributed by atoms with van der Waals surface area (Å²) in [5.74, 6) is 0.238. The fourth-order valence-corrected chi connectivity index (χ4v) is 3.10. The van der Waals surface area contributed by atoms with Crippen LogP contribution in [0.15, 0.2) is 28.8 Å². The molecule has 126 valence electrons. The van der Waals surface area contributed by atoms with E-state index in [1.165, 1.54) is 0 Å². The van der Waals surface area contributed by atoms with Crippen molar-refractivity contribution in [3.05, 3.63) is 39.3 Å². The Hall–Kier alpha value is 0.0300. The van der Waals surface area contributed by atoms with Gasteiger partial charge in [-0.1, -0.05) is 23.2 Å². The lowest BCUT2D eigenvalue weighted by molar-refractivity contribution is 0.170. The monoisotopic (exact) mass is 430 g/mol. The number of rotatable bonds is 4. The van der Waals surface area contributed by atoms with Crippen LogP contribution < -0.4 is 5.32 Å². The molecule has 2 N–H and O–H groups in total. The average molecular weight is 433 g/mol. The Bertz CT molecular complexity index is 508. The van der Waals surface area contributed by atoms with Crippen LogP contribution in [0.3, 0.4) is 0 Å². The van der Waals surface area contributed by atoms with E-state index in [4.69, 9.17) is 11.6 Å². The van der Waals surface area contributed by atoms with Gasteiger partial charge in [-0.2, -0.15) is 0 Å². The van der Waals surface area contributed by atoms with Crippen molar-refractivity contribution in [1.82, 2.24) is 10.2 Å². The Balaban J connectivity index is 0.00000220. The molecule has 1 aliphatic heterocycles. The average Bonchev–Trinajstić information content (AvgIpc) is 2.44. The standard InChI is InChI=1S/C15H20BrClN2O.2ClH/c1-10(2)9-13(19-7-5-18-6-8-19)11-3-4-12(17)14(16)15(11)20;;/h3-4,13,18,20H,1,5-9H2,2H3;2*1H/t13-;;/m0../s1. The van der Waals surface area contributed by atoms with Gasteiger partial charge >= 0.3 is 0 Å². The molecule has 0 aromatic heterocycles. The molecule has 1 atom stereocenters. The number of halogens is 4. The zero-order chi connectivity index (χ0) is 14.7. The molecule has 0 spiro atoms. The molecule has 0 saturated carbocycles. The van der Waals surface area contributed by atoms with E-state index in [0.29, 0.717) is 9.50 Å². The summed E-state index contributed by atoms with van der Waals surface area (Å²) in [6, 6.07) is 3.88. The van der Waals surface area contributed by atoms with Crippen molar-refractivity contribution < 1.29 is 5.11 Å². The van der Waals surface area contributed by atoms with Crippen molar-refractivity contribution >= 4 is 52.3 Å². The summed E-state index contributed by atoms with van der Waals surface area (Å²) in [6.07, 6.45) is 0.835. The molecule has 0 radical (unpaired) electrons. The van der Waals surface area contributed by atoms with Crippen LogP contribution in [0.25, 0.3) is 0 Å². The Morgan fingerprint density at radius 2 is 2.00 bits per heavy atom. The first-order valence-corrected chi connectivity index (χ1v) is 7.94. The van der Waals surface area contributed by atoms with Crippen LogP contribution in [0, 0.1) is 0 Å². The third-order valence-corrected chi connectivity index (χ3v) is 4.94. The van der Waals surface area contributed by atoms with Gasteiger partial charge in [0.25, 0.3) is 0 Å². The largest absolute Gasteiger partial charge is 0.506 e. The van der Waals surface area contributed by atoms with Crippen molar-refractivity contribution in [1.29, 1.82) is 0 Å². The molecule has 2 rings (SSSR count). The minimum absolute atomic E-state index is 0. The van der Waals surface area contributed by atoms with E-state index < -0.39 is 0 Å². The summed E-state index contributed by atoms with van der Waals surface area (Å²) < 4.78 is 0.568. The highest BCUT2D eigenvalue weighted by Gasteiger charge is 2.25. The summed E-state index contributed by atoms with van der Waals surface area (Å²) in [4.78, 5) is 2.39. The van der Waals surface area contributed by atoms with E-state index in [1.807, 2.05) is 19.1 Å². The predicted molar refractivity (Wildman–Crippen MR) is 102 cm³/mol. The Kier molecular flexibility index (Phi) is 10.0. The van der Waals surface area contributed by atoms with E-state index in [1.54, 1.807) is 0 Å². The van der Waals surface area contributed by atoms with Crippen LogP contribution in [0.1, 0.15) is 24.9 Å². The van der Waals surface area contributed by atoms with Crippen LogP contribution in [-0.4, -0.2) is 36.2 Å². The number of nitrogens with zero attached hydrogens (tertiary/aromatic N) is 1. The first-order chi connectivity index (χ1) is 9.50. The molecule has 0 amide bonds. The van der Waals surface area contributed by atoms with E-state index in [0.717, 1.165) is 43.7 Å². The van der Waals surface area contributed by atoms with Crippen molar-refractivity contribution in [2.75, 3.05) is 26.2 Å². The summed E-state index contributed by atoms with van der Waals surface area (Å²) >= 11 is 9.39. The Labute approximate surface area is 158 Å². The van der Waals surface area contributed by atoms with Gasteiger partial charge in [-0.3, -0.25) is 4.90 Å². The highest BCUT2D eigenvalue weighted by Crippen LogP contribution is 2.40. The van der Waals surface area contributed by atoms with Crippen LogP contribution in [0.4, 0.5) is 0 Å². The second kappa shape index (κ2) is 10.0. The van der Waals surface area contributed by atoms with Gasteiger partial charge in [0, 0.05) is 37.8 Å². The van der Waals surface area contributed by atoms with Crippen molar-refractivity contribution in [3.8, 4) is 5.75 Å². The Morgan fingerprint density at radius 3 is 2.55 bits per heavy atom. The Morgan fingerprint density at radius 1 is 1.41 bits per heavy atom. The highest BCUT2D eigenvalue weighted by atomic mass is 79.9. The fourth-order valence-electron chi connectivity index (χ4n) is 2.58. The maximum absolute atomic E-state index is 10.4. The van der Waals surface area contributed by atoms with Gasteiger partial charge < -0.3 is 10.4 Å². The molecule has 22 heavy (non-hydrogen) atoms. The van der Waals surface area contributed by atoms with Gasteiger partial charge in [0.1, 0.15) is 5.75 Å². The van der Waals surface area contributed by atoms with E-state index in [9.17, 15) is 5.11 Å². The third kappa shape index (κ3) is 5.29.